The summed E-state index contributed by atoms with van der Waals surface area (Å²) >= 11 is 5.78. The lowest BCUT2D eigenvalue weighted by molar-refractivity contribution is -0.130. The predicted octanol–water partition coefficient (Wildman–Crippen LogP) is 0.675. The maximum atomic E-state index is 11.7. The molecule has 1 heterocycles. The number of hydrazine groups is 1. The van der Waals surface area contributed by atoms with Gasteiger partial charge in [-0.05, 0) is 23.8 Å². The van der Waals surface area contributed by atoms with E-state index in [0.29, 0.717) is 15.6 Å². The minimum absolute atomic E-state index is 0.223. The fourth-order valence-corrected chi connectivity index (χ4v) is 1.63. The molecule has 3 N–H and O–H groups in total. The van der Waals surface area contributed by atoms with Gasteiger partial charge in [-0.15, -0.1) is 0 Å². The van der Waals surface area contributed by atoms with E-state index in [2.05, 4.69) is 0 Å². The van der Waals surface area contributed by atoms with Crippen LogP contribution < -0.4 is 11.2 Å². The average molecular weight is 266 g/mol. The number of nitrogens with zero attached hydrogens (tertiary/aromatic N) is 1. The van der Waals surface area contributed by atoms with Crippen LogP contribution >= 0.6 is 11.6 Å². The normalized spacial score (nSPS) is 18.2. The van der Waals surface area contributed by atoms with Gasteiger partial charge in [-0.1, -0.05) is 23.7 Å². The second-order valence-corrected chi connectivity index (χ2v) is 3.98. The molecule has 1 saturated heterocycles. The molecule has 1 fully saturated rings. The fraction of sp³-hybridized carbons (Fsp3) is 0. The van der Waals surface area contributed by atoms with Gasteiger partial charge in [0.15, 0.2) is 0 Å². The highest BCUT2D eigenvalue weighted by Gasteiger charge is 2.33. The van der Waals surface area contributed by atoms with E-state index >= 15 is 0 Å². The summed E-state index contributed by atoms with van der Waals surface area (Å²) in [4.78, 5) is 34.2. The number of carbonyl (C=O) groups excluding carboxylic acids is 3. The van der Waals surface area contributed by atoms with Crippen LogP contribution in [0.15, 0.2) is 29.8 Å². The number of benzene rings is 1. The zero-order chi connectivity index (χ0) is 13.3. The summed E-state index contributed by atoms with van der Waals surface area (Å²) in [5.74, 6) is 3.57. The molecule has 0 aliphatic carbocycles. The second-order valence-electron chi connectivity index (χ2n) is 3.55. The number of carbonyl (C=O) groups is 3. The van der Waals surface area contributed by atoms with Crippen molar-refractivity contribution in [1.82, 2.24) is 10.3 Å². The zero-order valence-corrected chi connectivity index (χ0v) is 9.77. The highest BCUT2D eigenvalue weighted by atomic mass is 35.5. The third-order valence-electron chi connectivity index (χ3n) is 2.29. The average Bonchev–Trinajstić information content (AvgIpc) is 2.32. The number of hydrogen-bond acceptors (Lipinski definition) is 4. The summed E-state index contributed by atoms with van der Waals surface area (Å²) in [6.45, 7) is 0. The maximum Gasteiger partial charge on any atom is 0.345 e. The molecule has 1 aromatic rings. The van der Waals surface area contributed by atoms with E-state index in [1.807, 2.05) is 5.32 Å². The number of halogens is 1. The Balaban J connectivity index is 2.40. The molecular formula is C11H8ClN3O3. The molecule has 0 aromatic heterocycles. The van der Waals surface area contributed by atoms with E-state index in [9.17, 15) is 14.4 Å². The third kappa shape index (κ3) is 2.24. The molecule has 1 aliphatic rings. The van der Waals surface area contributed by atoms with E-state index in [1.54, 1.807) is 24.3 Å². The first-order valence-corrected chi connectivity index (χ1v) is 5.28. The van der Waals surface area contributed by atoms with Gasteiger partial charge in [0.25, 0.3) is 11.8 Å². The van der Waals surface area contributed by atoms with Crippen LogP contribution in [0.1, 0.15) is 5.56 Å². The number of nitrogens with two attached hydrogens (primary N) is 1. The minimum Gasteiger partial charge on any atom is -0.272 e. The Hall–Kier alpha value is -2.18. The second kappa shape index (κ2) is 4.59. The summed E-state index contributed by atoms with van der Waals surface area (Å²) in [5, 5.41) is 2.76. The molecule has 6 nitrogen and oxygen atoms in total. The zero-order valence-electron chi connectivity index (χ0n) is 9.01. The molecule has 92 valence electrons. The molecule has 0 atom stereocenters. The highest BCUT2D eigenvalue weighted by Crippen LogP contribution is 2.16. The van der Waals surface area contributed by atoms with Gasteiger partial charge < -0.3 is 0 Å². The van der Waals surface area contributed by atoms with Gasteiger partial charge in [0.05, 0.1) is 0 Å². The predicted molar refractivity (Wildman–Crippen MR) is 64.0 cm³/mol. The van der Waals surface area contributed by atoms with Gasteiger partial charge >= 0.3 is 6.03 Å². The first-order chi connectivity index (χ1) is 8.49. The van der Waals surface area contributed by atoms with Crippen LogP contribution in [-0.2, 0) is 9.59 Å². The lowest BCUT2D eigenvalue weighted by Crippen LogP contribution is -2.57. The fourth-order valence-electron chi connectivity index (χ4n) is 1.43. The van der Waals surface area contributed by atoms with E-state index in [0.717, 1.165) is 0 Å². The molecule has 0 saturated carbocycles. The number of nitrogens with one attached hydrogen (secondary N) is 1. The topological polar surface area (TPSA) is 92.5 Å². The van der Waals surface area contributed by atoms with Crippen molar-refractivity contribution < 1.29 is 14.4 Å². The minimum atomic E-state index is -0.951. The number of rotatable bonds is 1. The molecule has 1 aliphatic heterocycles. The molecular weight excluding hydrogens is 258 g/mol. The monoisotopic (exact) mass is 265 g/mol. The van der Waals surface area contributed by atoms with Crippen LogP contribution in [0, 0.1) is 0 Å². The van der Waals surface area contributed by atoms with Gasteiger partial charge in [0.2, 0.25) is 0 Å². The Morgan fingerprint density at radius 3 is 2.67 bits per heavy atom. The molecule has 0 spiro atoms. The summed E-state index contributed by atoms with van der Waals surface area (Å²) in [6.07, 6.45) is 1.32. The van der Waals surface area contributed by atoms with E-state index in [-0.39, 0.29) is 5.57 Å². The molecule has 2 rings (SSSR count). The van der Waals surface area contributed by atoms with Crippen molar-refractivity contribution in [3.63, 3.8) is 0 Å². The molecule has 0 unspecified atom stereocenters. The number of barbiturate groups is 1. The summed E-state index contributed by atoms with van der Waals surface area (Å²) in [7, 11) is 0. The quantitative estimate of drug-likeness (QED) is 0.338. The van der Waals surface area contributed by atoms with Crippen LogP contribution in [0.3, 0.4) is 0 Å². The van der Waals surface area contributed by atoms with Crippen molar-refractivity contribution in [2.75, 3.05) is 0 Å². The molecule has 7 heteroatoms. The Morgan fingerprint density at radius 1 is 1.28 bits per heavy atom. The summed E-state index contributed by atoms with van der Waals surface area (Å²) in [6, 6.07) is 5.62. The van der Waals surface area contributed by atoms with E-state index in [4.69, 9.17) is 17.4 Å². The van der Waals surface area contributed by atoms with Gasteiger partial charge in [-0.2, -0.15) is 5.01 Å². The standard InChI is InChI=1S/C11H8ClN3O3/c12-7-3-1-2-6(4-7)5-8-9(16)14-11(18)15(13)10(8)17/h1-5H,13H2,(H,14,16,18)/b8-5+. The van der Waals surface area contributed by atoms with Crippen LogP contribution in [0.4, 0.5) is 4.79 Å². The van der Waals surface area contributed by atoms with Crippen LogP contribution in [-0.4, -0.2) is 22.9 Å². The Bertz CT molecular complexity index is 583. The van der Waals surface area contributed by atoms with Crippen molar-refractivity contribution >= 4 is 35.5 Å². The number of hydrogen-bond donors (Lipinski definition) is 2. The van der Waals surface area contributed by atoms with Crippen LogP contribution in [0.5, 0.6) is 0 Å². The number of amides is 4. The lowest BCUT2D eigenvalue weighted by atomic mass is 10.1. The van der Waals surface area contributed by atoms with Crippen molar-refractivity contribution in [3.8, 4) is 0 Å². The lowest BCUT2D eigenvalue weighted by Gasteiger charge is -2.21. The number of urea groups is 1. The van der Waals surface area contributed by atoms with Crippen LogP contribution in [0.2, 0.25) is 5.02 Å². The smallest absolute Gasteiger partial charge is 0.272 e. The van der Waals surface area contributed by atoms with Crippen LogP contribution in [0.25, 0.3) is 6.08 Å². The Kier molecular flexibility index (Phi) is 3.14. The number of imide groups is 2. The maximum absolute atomic E-state index is 11.7. The SMILES string of the molecule is NN1C(=O)NC(=O)/C(=C\c2cccc(Cl)c2)C1=O. The van der Waals surface area contributed by atoms with E-state index in [1.165, 1.54) is 6.08 Å². The Labute approximate surface area is 107 Å². The van der Waals surface area contributed by atoms with Crippen molar-refractivity contribution in [2.45, 2.75) is 0 Å². The molecule has 0 bridgehead atoms. The largest absolute Gasteiger partial charge is 0.345 e. The highest BCUT2D eigenvalue weighted by molar-refractivity contribution is 6.31. The molecule has 1 aromatic carbocycles. The first kappa shape index (κ1) is 12.3. The van der Waals surface area contributed by atoms with Gasteiger partial charge in [0, 0.05) is 5.02 Å². The summed E-state index contributed by atoms with van der Waals surface area (Å²) < 4.78 is 0. The molecule has 0 radical (unpaired) electrons. The third-order valence-corrected chi connectivity index (χ3v) is 2.53. The van der Waals surface area contributed by atoms with E-state index < -0.39 is 17.8 Å². The molecule has 4 amide bonds. The molecule has 18 heavy (non-hydrogen) atoms. The van der Waals surface area contributed by atoms with Crippen molar-refractivity contribution in [2.24, 2.45) is 5.84 Å². The van der Waals surface area contributed by atoms with Crippen molar-refractivity contribution in [3.05, 3.63) is 40.4 Å². The van der Waals surface area contributed by atoms with Gasteiger partial charge in [-0.25, -0.2) is 10.6 Å². The van der Waals surface area contributed by atoms with Gasteiger partial charge in [-0.3, -0.25) is 14.9 Å². The van der Waals surface area contributed by atoms with Crippen molar-refractivity contribution in [1.29, 1.82) is 0 Å². The Morgan fingerprint density at radius 2 is 2.00 bits per heavy atom. The van der Waals surface area contributed by atoms with Gasteiger partial charge in [0.1, 0.15) is 5.57 Å². The first-order valence-electron chi connectivity index (χ1n) is 4.91. The summed E-state index contributed by atoms with van der Waals surface area (Å²) in [5.41, 5.74) is 0.336.